The van der Waals surface area contributed by atoms with Gasteiger partial charge < -0.3 is 20.2 Å². The monoisotopic (exact) mass is 357 g/mol. The van der Waals surface area contributed by atoms with E-state index in [1.54, 1.807) is 6.33 Å². The highest BCUT2D eigenvalue weighted by Gasteiger charge is 2.06. The number of fused-ring (bicyclic) bond motifs is 1. The van der Waals surface area contributed by atoms with Crippen LogP contribution in [0.15, 0.2) is 35.7 Å². The highest BCUT2D eigenvalue weighted by molar-refractivity contribution is 5.83. The number of nitrogens with zero attached hydrogens (tertiary/aromatic N) is 4. The van der Waals surface area contributed by atoms with Crippen molar-refractivity contribution in [2.75, 3.05) is 13.1 Å². The van der Waals surface area contributed by atoms with Gasteiger partial charge in [0.05, 0.1) is 0 Å². The molecule has 0 spiro atoms. The second-order valence-electron chi connectivity index (χ2n) is 5.91. The van der Waals surface area contributed by atoms with E-state index in [1.807, 2.05) is 30.7 Å². The predicted molar refractivity (Wildman–Crippen MR) is 100 cm³/mol. The molecule has 3 aromatic rings. The molecule has 0 unspecified atom stereocenters. The van der Waals surface area contributed by atoms with Gasteiger partial charge in [0.25, 0.3) is 0 Å². The van der Waals surface area contributed by atoms with Crippen LogP contribution in [0.2, 0.25) is 0 Å². The Morgan fingerprint density at radius 1 is 1.31 bits per heavy atom. The summed E-state index contributed by atoms with van der Waals surface area (Å²) >= 11 is 0. The zero-order valence-corrected chi connectivity index (χ0v) is 15.1. The second kappa shape index (κ2) is 8.46. The van der Waals surface area contributed by atoms with E-state index in [0.717, 1.165) is 54.3 Å². The van der Waals surface area contributed by atoms with Gasteiger partial charge in [-0.15, -0.1) is 10.2 Å². The number of guanidine groups is 1. The SMILES string of the molecule is CCNC(=NCc1nncn1CC)NCCc1c[nH]c2cc(F)ccc12. The van der Waals surface area contributed by atoms with Crippen molar-refractivity contribution in [1.29, 1.82) is 0 Å². The van der Waals surface area contributed by atoms with E-state index in [-0.39, 0.29) is 5.82 Å². The number of benzene rings is 1. The number of halogens is 1. The third-order valence-corrected chi connectivity index (χ3v) is 4.18. The molecule has 7 nitrogen and oxygen atoms in total. The van der Waals surface area contributed by atoms with Gasteiger partial charge >= 0.3 is 0 Å². The van der Waals surface area contributed by atoms with Crippen LogP contribution in [0.3, 0.4) is 0 Å². The van der Waals surface area contributed by atoms with Gasteiger partial charge in [-0.05, 0) is 44.0 Å². The quantitative estimate of drug-likeness (QED) is 0.447. The topological polar surface area (TPSA) is 82.9 Å². The Balaban J connectivity index is 1.60. The summed E-state index contributed by atoms with van der Waals surface area (Å²) in [5.74, 6) is 1.35. The van der Waals surface area contributed by atoms with E-state index < -0.39 is 0 Å². The summed E-state index contributed by atoms with van der Waals surface area (Å²) in [5, 5.41) is 15.6. The van der Waals surface area contributed by atoms with Gasteiger partial charge in [-0.2, -0.15) is 0 Å². The average molecular weight is 357 g/mol. The molecule has 138 valence electrons. The fourth-order valence-corrected chi connectivity index (χ4v) is 2.84. The maximum atomic E-state index is 13.3. The first kappa shape index (κ1) is 17.9. The number of H-pyrrole nitrogens is 1. The number of aliphatic imine (C=N–C) groups is 1. The molecule has 1 aromatic carbocycles. The molecule has 0 saturated carbocycles. The molecule has 26 heavy (non-hydrogen) atoms. The predicted octanol–water partition coefficient (Wildman–Crippen LogP) is 2.22. The molecule has 0 atom stereocenters. The van der Waals surface area contributed by atoms with Crippen LogP contribution in [0, 0.1) is 5.82 Å². The molecule has 3 rings (SSSR count). The van der Waals surface area contributed by atoms with Gasteiger partial charge in [-0.25, -0.2) is 9.38 Å². The molecular formula is C18H24FN7. The third-order valence-electron chi connectivity index (χ3n) is 4.18. The Bertz CT molecular complexity index is 881. The molecule has 0 saturated heterocycles. The molecule has 3 N–H and O–H groups in total. The Morgan fingerprint density at radius 2 is 2.19 bits per heavy atom. The molecule has 8 heteroatoms. The van der Waals surface area contributed by atoms with Crippen molar-refractivity contribution in [3.8, 4) is 0 Å². The van der Waals surface area contributed by atoms with Gasteiger partial charge in [0.15, 0.2) is 11.8 Å². The molecule has 2 aromatic heterocycles. The van der Waals surface area contributed by atoms with Crippen LogP contribution in [0.5, 0.6) is 0 Å². The van der Waals surface area contributed by atoms with Crippen LogP contribution < -0.4 is 10.6 Å². The van der Waals surface area contributed by atoms with E-state index in [1.165, 1.54) is 12.1 Å². The lowest BCUT2D eigenvalue weighted by atomic mass is 10.1. The zero-order chi connectivity index (χ0) is 18.4. The second-order valence-corrected chi connectivity index (χ2v) is 5.91. The van der Waals surface area contributed by atoms with E-state index in [2.05, 4.69) is 30.8 Å². The molecule has 2 heterocycles. The normalized spacial score (nSPS) is 11.9. The van der Waals surface area contributed by atoms with Gasteiger partial charge in [0.2, 0.25) is 0 Å². The fourth-order valence-electron chi connectivity index (χ4n) is 2.84. The Morgan fingerprint density at radius 3 is 3.00 bits per heavy atom. The first-order chi connectivity index (χ1) is 12.7. The Hall–Kier alpha value is -2.90. The minimum atomic E-state index is -0.231. The number of aromatic nitrogens is 4. The van der Waals surface area contributed by atoms with Crippen molar-refractivity contribution in [2.45, 2.75) is 33.4 Å². The molecule has 0 aliphatic carbocycles. The summed E-state index contributed by atoms with van der Waals surface area (Å²) in [6, 6.07) is 4.82. The van der Waals surface area contributed by atoms with Gasteiger partial charge in [0.1, 0.15) is 18.7 Å². The molecule has 0 bridgehead atoms. The van der Waals surface area contributed by atoms with Gasteiger partial charge in [-0.3, -0.25) is 0 Å². The van der Waals surface area contributed by atoms with Crippen molar-refractivity contribution in [3.63, 3.8) is 0 Å². The van der Waals surface area contributed by atoms with Crippen molar-refractivity contribution >= 4 is 16.9 Å². The third kappa shape index (κ3) is 4.19. The molecular weight excluding hydrogens is 333 g/mol. The van der Waals surface area contributed by atoms with Crippen molar-refractivity contribution < 1.29 is 4.39 Å². The molecule has 0 aliphatic rings. The smallest absolute Gasteiger partial charge is 0.191 e. The standard InChI is InChI=1S/C18H24FN7/c1-3-20-18(23-11-17-25-24-12-26(17)4-2)21-8-7-13-10-22-16-9-14(19)5-6-15(13)16/h5-6,9-10,12,22H,3-4,7-8,11H2,1-2H3,(H2,20,21,23). The average Bonchev–Trinajstić information content (AvgIpc) is 3.25. The summed E-state index contributed by atoms with van der Waals surface area (Å²) in [7, 11) is 0. The minimum absolute atomic E-state index is 0.231. The lowest BCUT2D eigenvalue weighted by Crippen LogP contribution is -2.38. The highest BCUT2D eigenvalue weighted by atomic mass is 19.1. The van der Waals surface area contributed by atoms with E-state index in [9.17, 15) is 4.39 Å². The summed E-state index contributed by atoms with van der Waals surface area (Å²) in [4.78, 5) is 7.69. The summed E-state index contributed by atoms with van der Waals surface area (Å²) < 4.78 is 15.2. The summed E-state index contributed by atoms with van der Waals surface area (Å²) in [5.41, 5.74) is 1.97. The minimum Gasteiger partial charge on any atom is -0.361 e. The lowest BCUT2D eigenvalue weighted by Gasteiger charge is -2.11. The van der Waals surface area contributed by atoms with Crippen LogP contribution in [0.1, 0.15) is 25.2 Å². The van der Waals surface area contributed by atoms with Gasteiger partial charge in [-0.1, -0.05) is 0 Å². The van der Waals surface area contributed by atoms with Gasteiger partial charge in [0, 0.05) is 36.7 Å². The highest BCUT2D eigenvalue weighted by Crippen LogP contribution is 2.19. The van der Waals surface area contributed by atoms with Crippen LogP contribution in [-0.2, 0) is 19.5 Å². The first-order valence-corrected chi connectivity index (χ1v) is 8.85. The largest absolute Gasteiger partial charge is 0.361 e. The number of hydrogen-bond donors (Lipinski definition) is 3. The van der Waals surface area contributed by atoms with Crippen LogP contribution in [0.25, 0.3) is 10.9 Å². The number of hydrogen-bond acceptors (Lipinski definition) is 3. The maximum absolute atomic E-state index is 13.3. The first-order valence-electron chi connectivity index (χ1n) is 8.85. The number of aryl methyl sites for hydroxylation is 1. The fraction of sp³-hybridized carbons (Fsp3) is 0.389. The van der Waals surface area contributed by atoms with E-state index in [0.29, 0.717) is 6.54 Å². The number of nitrogens with one attached hydrogen (secondary N) is 3. The van der Waals surface area contributed by atoms with Crippen LogP contribution in [-0.4, -0.2) is 38.8 Å². The number of rotatable bonds is 7. The van der Waals surface area contributed by atoms with E-state index >= 15 is 0 Å². The lowest BCUT2D eigenvalue weighted by molar-refractivity contribution is 0.629. The van der Waals surface area contributed by atoms with Crippen molar-refractivity contribution in [3.05, 3.63) is 47.9 Å². The molecule has 0 amide bonds. The molecule has 0 radical (unpaired) electrons. The van der Waals surface area contributed by atoms with E-state index in [4.69, 9.17) is 0 Å². The Kier molecular flexibility index (Phi) is 5.83. The molecule has 0 aliphatic heterocycles. The zero-order valence-electron chi connectivity index (χ0n) is 15.1. The summed E-state index contributed by atoms with van der Waals surface area (Å²) in [6.07, 6.45) is 4.45. The maximum Gasteiger partial charge on any atom is 0.191 e. The Labute approximate surface area is 151 Å². The van der Waals surface area contributed by atoms with Crippen LogP contribution in [0.4, 0.5) is 4.39 Å². The molecule has 0 fully saturated rings. The number of aromatic amines is 1. The van der Waals surface area contributed by atoms with Crippen molar-refractivity contribution in [2.24, 2.45) is 4.99 Å². The van der Waals surface area contributed by atoms with Crippen molar-refractivity contribution in [1.82, 2.24) is 30.4 Å². The summed E-state index contributed by atoms with van der Waals surface area (Å²) in [6.45, 7) is 6.86. The van der Waals surface area contributed by atoms with Crippen LogP contribution >= 0.6 is 0 Å².